The first-order valence-electron chi connectivity index (χ1n) is 5.98. The van der Waals surface area contributed by atoms with Gasteiger partial charge in [0.1, 0.15) is 18.6 Å². The van der Waals surface area contributed by atoms with Crippen molar-refractivity contribution in [1.82, 2.24) is 10.3 Å². The van der Waals surface area contributed by atoms with Gasteiger partial charge in [-0.25, -0.2) is 0 Å². The van der Waals surface area contributed by atoms with Crippen LogP contribution in [0.2, 0.25) is 0 Å². The van der Waals surface area contributed by atoms with Gasteiger partial charge >= 0.3 is 11.9 Å². The Hall–Kier alpha value is -2.21. The van der Waals surface area contributed by atoms with Gasteiger partial charge in [0.2, 0.25) is 11.8 Å². The van der Waals surface area contributed by atoms with Gasteiger partial charge in [-0.2, -0.15) is 17.6 Å². The minimum atomic E-state index is -1.41. The fraction of sp³-hybridized carbons (Fsp3) is 0.600. The second-order valence-electron chi connectivity index (χ2n) is 4.11. The van der Waals surface area contributed by atoms with Gasteiger partial charge in [0.05, 0.1) is 5.29 Å². The monoisotopic (exact) mass is 336 g/mol. The molecule has 0 saturated carbocycles. The number of aliphatic carboxylic acids is 2. The SMILES string of the molecule is NC(CCC(=O)N(N=O)C(CS)C(=O)NCC(=O)O)C(=O)O. The Bertz CT molecular complexity index is 459. The molecule has 0 fully saturated rings. The second-order valence-corrected chi connectivity index (χ2v) is 4.48. The van der Waals surface area contributed by atoms with Gasteiger partial charge < -0.3 is 21.3 Å². The lowest BCUT2D eigenvalue weighted by Crippen LogP contribution is -2.49. The first kappa shape index (κ1) is 19.8. The molecule has 12 heteroatoms. The van der Waals surface area contributed by atoms with E-state index in [0.29, 0.717) is 5.01 Å². The third kappa shape index (κ3) is 6.49. The zero-order valence-corrected chi connectivity index (χ0v) is 12.2. The molecule has 0 aliphatic rings. The van der Waals surface area contributed by atoms with E-state index in [1.807, 2.05) is 5.32 Å². The van der Waals surface area contributed by atoms with Crippen LogP contribution in [0.25, 0.3) is 0 Å². The lowest BCUT2D eigenvalue weighted by atomic mass is 10.1. The van der Waals surface area contributed by atoms with Crippen molar-refractivity contribution in [3.05, 3.63) is 4.91 Å². The average Bonchev–Trinajstić information content (AvgIpc) is 2.46. The molecule has 2 amide bonds. The number of thiol groups is 1. The first-order chi connectivity index (χ1) is 10.2. The van der Waals surface area contributed by atoms with Crippen LogP contribution in [-0.4, -0.2) is 63.4 Å². The number of carboxylic acids is 2. The molecule has 124 valence electrons. The molecule has 5 N–H and O–H groups in total. The predicted molar refractivity (Wildman–Crippen MR) is 75.8 cm³/mol. The largest absolute Gasteiger partial charge is 0.480 e. The predicted octanol–water partition coefficient (Wildman–Crippen LogP) is -1.81. The van der Waals surface area contributed by atoms with Crippen molar-refractivity contribution in [2.24, 2.45) is 11.0 Å². The van der Waals surface area contributed by atoms with Crippen LogP contribution in [0.3, 0.4) is 0 Å². The number of rotatable bonds is 10. The molecule has 0 aliphatic carbocycles. The van der Waals surface area contributed by atoms with Crippen LogP contribution in [-0.2, 0) is 19.2 Å². The third-order valence-corrected chi connectivity index (χ3v) is 2.86. The number of nitrogens with one attached hydrogen (secondary N) is 1. The number of hydrogen-bond donors (Lipinski definition) is 5. The van der Waals surface area contributed by atoms with E-state index in [0.717, 1.165) is 0 Å². The van der Waals surface area contributed by atoms with E-state index in [9.17, 15) is 24.1 Å². The Morgan fingerprint density at radius 3 is 2.27 bits per heavy atom. The summed E-state index contributed by atoms with van der Waals surface area (Å²) in [6, 6.07) is -2.71. The highest BCUT2D eigenvalue weighted by Crippen LogP contribution is 2.08. The van der Waals surface area contributed by atoms with Crippen molar-refractivity contribution in [3.63, 3.8) is 0 Å². The summed E-state index contributed by atoms with van der Waals surface area (Å²) in [4.78, 5) is 55.1. The molecule has 2 atom stereocenters. The molecule has 22 heavy (non-hydrogen) atoms. The minimum absolute atomic E-state index is 0.254. The van der Waals surface area contributed by atoms with E-state index < -0.39 is 48.8 Å². The Morgan fingerprint density at radius 1 is 1.27 bits per heavy atom. The van der Waals surface area contributed by atoms with Crippen LogP contribution in [0.4, 0.5) is 0 Å². The number of carboxylic acid groups (broad SMARTS) is 2. The summed E-state index contributed by atoms with van der Waals surface area (Å²) >= 11 is 3.81. The Labute approximate surface area is 130 Å². The Balaban J connectivity index is 4.77. The van der Waals surface area contributed by atoms with Crippen LogP contribution in [0, 0.1) is 4.91 Å². The summed E-state index contributed by atoms with van der Waals surface area (Å²) in [5, 5.41) is 21.7. The molecular weight excluding hydrogens is 320 g/mol. The zero-order valence-electron chi connectivity index (χ0n) is 11.3. The van der Waals surface area contributed by atoms with Crippen LogP contribution in [0.5, 0.6) is 0 Å². The number of hydrogen-bond acceptors (Lipinski definition) is 8. The van der Waals surface area contributed by atoms with Crippen LogP contribution >= 0.6 is 12.6 Å². The lowest BCUT2D eigenvalue weighted by Gasteiger charge is -2.22. The highest BCUT2D eigenvalue weighted by Gasteiger charge is 2.30. The van der Waals surface area contributed by atoms with Crippen LogP contribution < -0.4 is 11.1 Å². The zero-order chi connectivity index (χ0) is 17.3. The number of nitrogens with zero attached hydrogens (tertiary/aromatic N) is 2. The Kier molecular flexibility index (Phi) is 8.70. The maximum Gasteiger partial charge on any atom is 0.322 e. The summed E-state index contributed by atoms with van der Waals surface area (Å²) in [6.07, 6.45) is -0.675. The summed E-state index contributed by atoms with van der Waals surface area (Å²) < 4.78 is 0. The molecule has 0 rings (SSSR count). The van der Waals surface area contributed by atoms with Crippen molar-refractivity contribution < 1.29 is 29.4 Å². The highest BCUT2D eigenvalue weighted by atomic mass is 32.1. The van der Waals surface area contributed by atoms with Crippen molar-refractivity contribution in [3.8, 4) is 0 Å². The van der Waals surface area contributed by atoms with Crippen molar-refractivity contribution in [2.75, 3.05) is 12.3 Å². The average molecular weight is 336 g/mol. The number of carbonyl (C=O) groups excluding carboxylic acids is 2. The van der Waals surface area contributed by atoms with Gasteiger partial charge in [-0.3, -0.25) is 19.2 Å². The maximum atomic E-state index is 11.8. The highest BCUT2D eigenvalue weighted by molar-refractivity contribution is 7.80. The molecule has 2 unspecified atom stereocenters. The van der Waals surface area contributed by atoms with Crippen LogP contribution in [0.1, 0.15) is 12.8 Å². The van der Waals surface area contributed by atoms with E-state index in [-0.39, 0.29) is 12.2 Å². The van der Waals surface area contributed by atoms with Gasteiger partial charge in [-0.05, 0) is 6.42 Å². The normalized spacial score (nSPS) is 12.8. The van der Waals surface area contributed by atoms with Crippen molar-refractivity contribution >= 4 is 36.4 Å². The lowest BCUT2D eigenvalue weighted by molar-refractivity contribution is -0.142. The molecular formula is C10H16N4O7S. The second kappa shape index (κ2) is 9.68. The van der Waals surface area contributed by atoms with Crippen LogP contribution in [0.15, 0.2) is 5.29 Å². The molecule has 0 saturated heterocycles. The number of nitroso groups, excluding NO2 is 1. The summed E-state index contributed by atoms with van der Waals surface area (Å²) in [5.41, 5.74) is 5.22. The molecule has 0 aromatic heterocycles. The quantitative estimate of drug-likeness (QED) is 0.176. The number of carbonyl (C=O) groups is 4. The molecule has 0 aromatic rings. The fourth-order valence-electron chi connectivity index (χ4n) is 1.35. The molecule has 0 spiro atoms. The molecule has 0 aromatic carbocycles. The summed E-state index contributed by atoms with van der Waals surface area (Å²) in [6.45, 7) is -0.701. The molecule has 0 radical (unpaired) electrons. The van der Waals surface area contributed by atoms with Gasteiger partial charge in [-0.1, -0.05) is 0 Å². The number of nitrogens with two attached hydrogens (primary N) is 1. The molecule has 11 nitrogen and oxygen atoms in total. The third-order valence-electron chi connectivity index (χ3n) is 2.51. The minimum Gasteiger partial charge on any atom is -0.480 e. The standard InChI is InChI=1S/C10H16N4O7S/c11-5(10(19)20)1-2-7(15)14(13-21)6(4-22)9(18)12-3-8(16)17/h5-6,22H,1-4,11H2,(H,12,18)(H,16,17)(H,19,20). The van der Waals surface area contributed by atoms with Gasteiger partial charge in [0.25, 0.3) is 0 Å². The van der Waals surface area contributed by atoms with E-state index in [2.05, 4.69) is 17.9 Å². The molecule has 0 aliphatic heterocycles. The van der Waals surface area contributed by atoms with Crippen molar-refractivity contribution in [1.29, 1.82) is 0 Å². The van der Waals surface area contributed by atoms with Gasteiger partial charge in [0.15, 0.2) is 0 Å². The Morgan fingerprint density at radius 2 is 1.86 bits per heavy atom. The van der Waals surface area contributed by atoms with E-state index in [1.165, 1.54) is 0 Å². The van der Waals surface area contributed by atoms with E-state index in [4.69, 9.17) is 15.9 Å². The van der Waals surface area contributed by atoms with E-state index in [1.54, 1.807) is 0 Å². The smallest absolute Gasteiger partial charge is 0.322 e. The molecule has 0 heterocycles. The van der Waals surface area contributed by atoms with E-state index >= 15 is 0 Å². The van der Waals surface area contributed by atoms with Crippen molar-refractivity contribution in [2.45, 2.75) is 24.9 Å². The summed E-state index contributed by atoms with van der Waals surface area (Å²) in [5.74, 6) is -4.75. The van der Waals surface area contributed by atoms with Gasteiger partial charge in [0, 0.05) is 12.2 Å². The first-order valence-corrected chi connectivity index (χ1v) is 6.61. The fourth-order valence-corrected chi connectivity index (χ4v) is 1.67. The summed E-state index contributed by atoms with van der Waals surface area (Å²) in [7, 11) is 0. The molecule has 0 bridgehead atoms. The van der Waals surface area contributed by atoms with Gasteiger partial charge in [-0.15, -0.1) is 4.91 Å². The number of amides is 2. The maximum absolute atomic E-state index is 11.8. The topological polar surface area (TPSA) is 179 Å².